The maximum Gasteiger partial charge on any atom is 0.529 e. The summed E-state index contributed by atoms with van der Waals surface area (Å²) >= 11 is 0. The van der Waals surface area contributed by atoms with E-state index in [-0.39, 0.29) is 6.61 Å². The molecule has 0 aliphatic carbocycles. The molecular formula is C10H21O5P. The fraction of sp³-hybridized carbons (Fsp3) is 0.900. The smallest absolute Gasteiger partial charge is 0.370 e. The first-order valence-electron chi connectivity index (χ1n) is 5.58. The molecule has 0 fully saturated rings. The highest BCUT2D eigenvalue weighted by Gasteiger charge is 2.39. The van der Waals surface area contributed by atoms with Crippen LogP contribution in [0.1, 0.15) is 47.0 Å². The highest BCUT2D eigenvalue weighted by atomic mass is 31.2. The molecule has 0 aromatic rings. The molecule has 0 saturated carbocycles. The lowest BCUT2D eigenvalue weighted by Gasteiger charge is -2.28. The van der Waals surface area contributed by atoms with E-state index < -0.39 is 19.2 Å². The summed E-state index contributed by atoms with van der Waals surface area (Å²) < 4.78 is 20.4. The first kappa shape index (κ1) is 15.6. The summed E-state index contributed by atoms with van der Waals surface area (Å²) in [5.74, 6) is -0.653. The average Bonchev–Trinajstić information content (AvgIpc) is 2.20. The molecule has 0 spiro atoms. The lowest BCUT2D eigenvalue weighted by Crippen LogP contribution is -2.30. The van der Waals surface area contributed by atoms with Crippen LogP contribution in [-0.2, 0) is 18.4 Å². The van der Waals surface area contributed by atoms with Gasteiger partial charge in [-0.25, -0.2) is 4.57 Å². The number of hydrogen-bond donors (Lipinski definition) is 1. The third-order valence-corrected chi connectivity index (χ3v) is 3.93. The van der Waals surface area contributed by atoms with Gasteiger partial charge in [-0.15, -0.1) is 0 Å². The Kier molecular flexibility index (Phi) is 6.23. The maximum absolute atomic E-state index is 11.8. The largest absolute Gasteiger partial charge is 0.529 e. The summed E-state index contributed by atoms with van der Waals surface area (Å²) in [6.07, 6.45) is 1.72. The van der Waals surface area contributed by atoms with E-state index >= 15 is 0 Å². The molecule has 1 N–H and O–H groups in total. The van der Waals surface area contributed by atoms with Gasteiger partial charge in [0.05, 0.1) is 12.0 Å². The Morgan fingerprint density at radius 1 is 1.19 bits per heavy atom. The number of phosphoric ester groups is 1. The topological polar surface area (TPSA) is 72.8 Å². The van der Waals surface area contributed by atoms with Crippen LogP contribution in [0.25, 0.3) is 0 Å². The molecule has 0 heterocycles. The monoisotopic (exact) mass is 252 g/mol. The molecule has 16 heavy (non-hydrogen) atoms. The Labute approximate surface area is 96.8 Å². The van der Waals surface area contributed by atoms with Crippen molar-refractivity contribution in [3.05, 3.63) is 0 Å². The van der Waals surface area contributed by atoms with Gasteiger partial charge in [0.1, 0.15) is 0 Å². The highest BCUT2D eigenvalue weighted by molar-refractivity contribution is 7.48. The molecule has 0 bridgehead atoms. The van der Waals surface area contributed by atoms with Gasteiger partial charge >= 0.3 is 13.8 Å². The van der Waals surface area contributed by atoms with Crippen molar-refractivity contribution >= 4 is 13.8 Å². The van der Waals surface area contributed by atoms with Gasteiger partial charge in [-0.1, -0.05) is 20.8 Å². The quantitative estimate of drug-likeness (QED) is 0.705. The molecule has 0 aliphatic rings. The number of rotatable bonds is 7. The van der Waals surface area contributed by atoms with E-state index in [2.05, 4.69) is 9.05 Å². The fourth-order valence-electron chi connectivity index (χ4n) is 1.57. The second-order valence-electron chi connectivity index (χ2n) is 3.61. The minimum Gasteiger partial charge on any atom is -0.370 e. The third-order valence-electron chi connectivity index (χ3n) is 2.95. The van der Waals surface area contributed by atoms with E-state index in [1.807, 2.05) is 20.8 Å². The van der Waals surface area contributed by atoms with Crippen LogP contribution in [0.2, 0.25) is 0 Å². The minimum atomic E-state index is -4.23. The third kappa shape index (κ3) is 3.89. The summed E-state index contributed by atoms with van der Waals surface area (Å²) in [6, 6.07) is 0. The van der Waals surface area contributed by atoms with Crippen molar-refractivity contribution in [1.82, 2.24) is 0 Å². The van der Waals surface area contributed by atoms with Crippen molar-refractivity contribution in [2.45, 2.75) is 47.0 Å². The molecule has 0 saturated heterocycles. The summed E-state index contributed by atoms with van der Waals surface area (Å²) in [5.41, 5.74) is -0.685. The zero-order valence-corrected chi connectivity index (χ0v) is 11.3. The fourth-order valence-corrected chi connectivity index (χ4v) is 2.36. The number of phosphoric acid groups is 1. The maximum atomic E-state index is 11.8. The Hall–Kier alpha value is -0.380. The Morgan fingerprint density at radius 3 is 1.94 bits per heavy atom. The second-order valence-corrected chi connectivity index (χ2v) is 4.98. The SMILES string of the molecule is CCOP(=O)(O)OC(=O)C(CC)(CC)CC. The van der Waals surface area contributed by atoms with Crippen molar-refractivity contribution < 1.29 is 23.3 Å². The first-order valence-corrected chi connectivity index (χ1v) is 7.08. The normalized spacial score (nSPS) is 15.6. The van der Waals surface area contributed by atoms with Gasteiger partial charge in [0.25, 0.3) is 0 Å². The molecule has 6 heteroatoms. The zero-order chi connectivity index (χ0) is 12.8. The summed E-state index contributed by atoms with van der Waals surface area (Å²) in [4.78, 5) is 21.0. The van der Waals surface area contributed by atoms with E-state index in [9.17, 15) is 14.3 Å². The molecule has 0 aromatic carbocycles. The molecular weight excluding hydrogens is 231 g/mol. The van der Waals surface area contributed by atoms with Gasteiger partial charge in [-0.3, -0.25) is 14.2 Å². The van der Waals surface area contributed by atoms with E-state index in [0.717, 1.165) is 0 Å². The van der Waals surface area contributed by atoms with Gasteiger partial charge in [-0.2, -0.15) is 0 Å². The van der Waals surface area contributed by atoms with Crippen molar-refractivity contribution in [3.63, 3.8) is 0 Å². The number of carbonyl (C=O) groups excluding carboxylic acids is 1. The average molecular weight is 252 g/mol. The van der Waals surface area contributed by atoms with Crippen LogP contribution in [0, 0.1) is 5.41 Å². The molecule has 1 atom stereocenters. The van der Waals surface area contributed by atoms with Crippen molar-refractivity contribution in [3.8, 4) is 0 Å². The lowest BCUT2D eigenvalue weighted by atomic mass is 9.80. The van der Waals surface area contributed by atoms with Gasteiger partial charge in [-0.05, 0) is 26.2 Å². The van der Waals surface area contributed by atoms with Crippen molar-refractivity contribution in [1.29, 1.82) is 0 Å². The standard InChI is InChI=1S/C10H21O5P/c1-5-10(6-2,7-3)9(11)15-16(12,13)14-8-4/h5-8H2,1-4H3,(H,12,13). The zero-order valence-electron chi connectivity index (χ0n) is 10.4. The Morgan fingerprint density at radius 2 is 1.62 bits per heavy atom. The van der Waals surface area contributed by atoms with Gasteiger partial charge in [0.2, 0.25) is 0 Å². The van der Waals surface area contributed by atoms with E-state index in [4.69, 9.17) is 0 Å². The summed E-state index contributed by atoms with van der Waals surface area (Å²) in [5, 5.41) is 0. The predicted octanol–water partition coefficient (Wildman–Crippen LogP) is 2.88. The molecule has 0 rings (SSSR count). The van der Waals surface area contributed by atoms with Gasteiger partial charge < -0.3 is 4.52 Å². The van der Waals surface area contributed by atoms with Crippen LogP contribution in [0.5, 0.6) is 0 Å². The van der Waals surface area contributed by atoms with Gasteiger partial charge in [0.15, 0.2) is 0 Å². The second kappa shape index (κ2) is 6.38. The summed E-state index contributed by atoms with van der Waals surface area (Å²) in [6.45, 7) is 7.16. The van der Waals surface area contributed by atoms with Crippen LogP contribution < -0.4 is 0 Å². The van der Waals surface area contributed by atoms with Crippen LogP contribution >= 0.6 is 7.82 Å². The Balaban J connectivity index is 4.72. The van der Waals surface area contributed by atoms with Crippen molar-refractivity contribution in [2.24, 2.45) is 5.41 Å². The first-order chi connectivity index (χ1) is 7.37. The lowest BCUT2D eigenvalue weighted by molar-refractivity contribution is -0.148. The Bertz CT molecular complexity index is 264. The molecule has 5 nitrogen and oxygen atoms in total. The molecule has 0 amide bonds. The van der Waals surface area contributed by atoms with Crippen LogP contribution in [-0.4, -0.2) is 17.5 Å². The van der Waals surface area contributed by atoms with E-state index in [1.165, 1.54) is 0 Å². The molecule has 0 aliphatic heterocycles. The summed E-state index contributed by atoms with van der Waals surface area (Å²) in [7, 11) is -4.23. The predicted molar refractivity (Wildman–Crippen MR) is 60.8 cm³/mol. The molecule has 1 unspecified atom stereocenters. The number of carbonyl (C=O) groups is 1. The minimum absolute atomic E-state index is 0.0262. The number of hydrogen-bond acceptors (Lipinski definition) is 4. The van der Waals surface area contributed by atoms with Crippen LogP contribution in [0.15, 0.2) is 0 Å². The molecule has 96 valence electrons. The van der Waals surface area contributed by atoms with Crippen molar-refractivity contribution in [2.75, 3.05) is 6.61 Å². The highest BCUT2D eigenvalue weighted by Crippen LogP contribution is 2.46. The van der Waals surface area contributed by atoms with E-state index in [1.54, 1.807) is 6.92 Å². The van der Waals surface area contributed by atoms with E-state index in [0.29, 0.717) is 19.3 Å². The molecule has 0 radical (unpaired) electrons. The molecule has 0 aromatic heterocycles. The van der Waals surface area contributed by atoms with Crippen LogP contribution in [0.3, 0.4) is 0 Å². The van der Waals surface area contributed by atoms with Gasteiger partial charge in [0, 0.05) is 0 Å². The van der Waals surface area contributed by atoms with Crippen LogP contribution in [0.4, 0.5) is 0 Å².